The van der Waals surface area contributed by atoms with Crippen LogP contribution in [0.15, 0.2) is 91.3 Å². The van der Waals surface area contributed by atoms with Crippen molar-refractivity contribution in [1.29, 1.82) is 0 Å². The Morgan fingerprint density at radius 2 is 1.41 bits per heavy atom. The molecule has 0 fully saturated rings. The van der Waals surface area contributed by atoms with Crippen LogP contribution in [0, 0.1) is 0 Å². The Labute approximate surface area is 156 Å². The predicted octanol–water partition coefficient (Wildman–Crippen LogP) is 3.18. The highest BCUT2D eigenvalue weighted by Crippen LogP contribution is 2.22. The van der Waals surface area contributed by atoms with Gasteiger partial charge in [0.1, 0.15) is 6.33 Å². The lowest BCUT2D eigenvalue weighted by atomic mass is 9.98. The molecule has 0 unspecified atom stereocenters. The number of hydrogen-bond donors (Lipinski definition) is 1. The van der Waals surface area contributed by atoms with Gasteiger partial charge in [0, 0.05) is 5.56 Å². The fraction of sp³-hybridized carbons (Fsp3) is 0.0476. The number of benzene rings is 3. The third-order valence-electron chi connectivity index (χ3n) is 4.28. The van der Waals surface area contributed by atoms with Crippen LogP contribution in [0.4, 0.5) is 0 Å². The van der Waals surface area contributed by atoms with E-state index in [1.54, 1.807) is 16.8 Å². The summed E-state index contributed by atoms with van der Waals surface area (Å²) in [4.78, 5) is 12.8. The first kappa shape index (κ1) is 16.7. The zero-order valence-electron chi connectivity index (χ0n) is 14.4. The standard InChI is InChI=1S/C21H17N5O/c27-21(18-11-13-19(14-12-18)26-15-22-24-25-26)23-20(16-7-3-1-4-8-16)17-9-5-2-6-10-17/h1-15,20H,(H,23,27). The maximum atomic E-state index is 12.8. The number of amides is 1. The maximum Gasteiger partial charge on any atom is 0.252 e. The Hall–Kier alpha value is -3.80. The molecular formula is C21H17N5O. The summed E-state index contributed by atoms with van der Waals surface area (Å²) >= 11 is 0. The average molecular weight is 355 g/mol. The molecule has 0 saturated carbocycles. The summed E-state index contributed by atoms with van der Waals surface area (Å²) < 4.78 is 1.54. The summed E-state index contributed by atoms with van der Waals surface area (Å²) in [6.45, 7) is 0. The van der Waals surface area contributed by atoms with Crippen LogP contribution in [0.25, 0.3) is 5.69 Å². The molecule has 6 heteroatoms. The van der Waals surface area contributed by atoms with Crippen molar-refractivity contribution in [3.63, 3.8) is 0 Å². The molecule has 1 amide bonds. The predicted molar refractivity (Wildman–Crippen MR) is 101 cm³/mol. The zero-order chi connectivity index (χ0) is 18.5. The molecule has 0 saturated heterocycles. The Morgan fingerprint density at radius 1 is 0.815 bits per heavy atom. The first-order chi connectivity index (χ1) is 13.3. The summed E-state index contributed by atoms with van der Waals surface area (Å²) in [6.07, 6.45) is 1.51. The number of hydrogen-bond acceptors (Lipinski definition) is 4. The van der Waals surface area contributed by atoms with Crippen molar-refractivity contribution in [1.82, 2.24) is 25.5 Å². The van der Waals surface area contributed by atoms with E-state index in [0.717, 1.165) is 16.8 Å². The van der Waals surface area contributed by atoms with E-state index < -0.39 is 0 Å². The molecular weight excluding hydrogens is 338 g/mol. The second-order valence-corrected chi connectivity index (χ2v) is 6.03. The zero-order valence-corrected chi connectivity index (χ0v) is 14.4. The number of carbonyl (C=O) groups is 1. The van der Waals surface area contributed by atoms with Gasteiger partial charge in [-0.3, -0.25) is 4.79 Å². The number of rotatable bonds is 5. The van der Waals surface area contributed by atoms with E-state index >= 15 is 0 Å². The van der Waals surface area contributed by atoms with Gasteiger partial charge in [0.05, 0.1) is 11.7 Å². The van der Waals surface area contributed by atoms with Gasteiger partial charge in [0.25, 0.3) is 5.91 Å². The van der Waals surface area contributed by atoms with E-state index in [1.807, 2.05) is 72.8 Å². The van der Waals surface area contributed by atoms with E-state index in [1.165, 1.54) is 6.33 Å². The monoisotopic (exact) mass is 355 g/mol. The van der Waals surface area contributed by atoms with Gasteiger partial charge < -0.3 is 5.32 Å². The molecule has 0 bridgehead atoms. The van der Waals surface area contributed by atoms with Crippen molar-refractivity contribution in [2.45, 2.75) is 6.04 Å². The van der Waals surface area contributed by atoms with Gasteiger partial charge in [-0.25, -0.2) is 4.68 Å². The maximum absolute atomic E-state index is 12.8. The fourth-order valence-electron chi connectivity index (χ4n) is 2.91. The molecule has 132 valence electrons. The lowest BCUT2D eigenvalue weighted by Crippen LogP contribution is -2.29. The van der Waals surface area contributed by atoms with Gasteiger partial charge in [-0.1, -0.05) is 60.7 Å². The first-order valence-corrected chi connectivity index (χ1v) is 8.55. The molecule has 0 radical (unpaired) electrons. The van der Waals surface area contributed by atoms with Gasteiger partial charge in [0.15, 0.2) is 0 Å². The van der Waals surface area contributed by atoms with Crippen molar-refractivity contribution < 1.29 is 4.79 Å². The molecule has 27 heavy (non-hydrogen) atoms. The van der Waals surface area contributed by atoms with Gasteiger partial charge in [-0.2, -0.15) is 0 Å². The fourth-order valence-corrected chi connectivity index (χ4v) is 2.91. The van der Waals surface area contributed by atoms with Crippen LogP contribution in [-0.2, 0) is 0 Å². The van der Waals surface area contributed by atoms with Crippen LogP contribution in [0.5, 0.6) is 0 Å². The van der Waals surface area contributed by atoms with Gasteiger partial charge in [-0.05, 0) is 45.8 Å². The molecule has 0 spiro atoms. The molecule has 1 N–H and O–H groups in total. The third-order valence-corrected chi connectivity index (χ3v) is 4.28. The number of nitrogens with one attached hydrogen (secondary N) is 1. The summed E-state index contributed by atoms with van der Waals surface area (Å²) in [5, 5.41) is 14.2. The minimum Gasteiger partial charge on any atom is -0.341 e. The van der Waals surface area contributed by atoms with E-state index in [-0.39, 0.29) is 11.9 Å². The summed E-state index contributed by atoms with van der Waals surface area (Å²) in [5.41, 5.74) is 3.42. The number of carbonyl (C=O) groups excluding carboxylic acids is 1. The van der Waals surface area contributed by atoms with E-state index in [4.69, 9.17) is 0 Å². The molecule has 0 aliphatic carbocycles. The summed E-state index contributed by atoms with van der Waals surface area (Å²) in [7, 11) is 0. The summed E-state index contributed by atoms with van der Waals surface area (Å²) in [5.74, 6) is -0.143. The quantitative estimate of drug-likeness (QED) is 0.597. The number of nitrogens with zero attached hydrogens (tertiary/aromatic N) is 4. The molecule has 1 aromatic heterocycles. The molecule has 0 aliphatic heterocycles. The Bertz CT molecular complexity index is 960. The van der Waals surface area contributed by atoms with E-state index in [9.17, 15) is 4.79 Å². The van der Waals surface area contributed by atoms with Crippen molar-refractivity contribution in [3.05, 3.63) is 108 Å². The smallest absolute Gasteiger partial charge is 0.252 e. The highest BCUT2D eigenvalue weighted by Gasteiger charge is 2.17. The van der Waals surface area contributed by atoms with Gasteiger partial charge in [-0.15, -0.1) is 5.10 Å². The Kier molecular flexibility index (Phi) is 4.70. The van der Waals surface area contributed by atoms with Crippen LogP contribution in [-0.4, -0.2) is 26.1 Å². The largest absolute Gasteiger partial charge is 0.341 e. The molecule has 4 rings (SSSR count). The molecule has 0 aliphatic rings. The van der Waals surface area contributed by atoms with Gasteiger partial charge >= 0.3 is 0 Å². The van der Waals surface area contributed by atoms with Crippen LogP contribution in [0.1, 0.15) is 27.5 Å². The van der Waals surface area contributed by atoms with E-state index in [0.29, 0.717) is 5.56 Å². The minimum absolute atomic E-state index is 0.143. The molecule has 0 atom stereocenters. The highest BCUT2D eigenvalue weighted by molar-refractivity contribution is 5.94. The normalized spacial score (nSPS) is 10.7. The molecule has 4 aromatic rings. The van der Waals surface area contributed by atoms with Crippen LogP contribution >= 0.6 is 0 Å². The Balaban J connectivity index is 1.58. The van der Waals surface area contributed by atoms with Crippen molar-refractivity contribution in [3.8, 4) is 5.69 Å². The van der Waals surface area contributed by atoms with Crippen LogP contribution in [0.2, 0.25) is 0 Å². The van der Waals surface area contributed by atoms with Crippen molar-refractivity contribution in [2.75, 3.05) is 0 Å². The highest BCUT2D eigenvalue weighted by atomic mass is 16.1. The molecule has 6 nitrogen and oxygen atoms in total. The number of tetrazole rings is 1. The van der Waals surface area contributed by atoms with Crippen molar-refractivity contribution >= 4 is 5.91 Å². The lowest BCUT2D eigenvalue weighted by Gasteiger charge is -2.20. The Morgan fingerprint density at radius 3 is 1.93 bits per heavy atom. The number of aromatic nitrogens is 4. The van der Waals surface area contributed by atoms with Crippen LogP contribution in [0.3, 0.4) is 0 Å². The summed E-state index contributed by atoms with van der Waals surface area (Å²) in [6, 6.07) is 26.8. The SMILES string of the molecule is O=C(NC(c1ccccc1)c1ccccc1)c1ccc(-n2cnnn2)cc1. The second kappa shape index (κ2) is 7.61. The minimum atomic E-state index is -0.223. The first-order valence-electron chi connectivity index (χ1n) is 8.55. The van der Waals surface area contributed by atoms with Gasteiger partial charge in [0.2, 0.25) is 0 Å². The molecule has 3 aromatic carbocycles. The van der Waals surface area contributed by atoms with Crippen LogP contribution < -0.4 is 5.32 Å². The van der Waals surface area contributed by atoms with E-state index in [2.05, 4.69) is 20.8 Å². The second-order valence-electron chi connectivity index (χ2n) is 6.03. The third kappa shape index (κ3) is 3.74. The molecule has 1 heterocycles. The average Bonchev–Trinajstić information content (AvgIpc) is 3.28. The topological polar surface area (TPSA) is 72.7 Å². The van der Waals surface area contributed by atoms with Crippen molar-refractivity contribution in [2.24, 2.45) is 0 Å². The lowest BCUT2D eigenvalue weighted by molar-refractivity contribution is 0.0943.